The van der Waals surface area contributed by atoms with Gasteiger partial charge in [0.1, 0.15) is 0 Å². The minimum atomic E-state index is -3.68. The van der Waals surface area contributed by atoms with Crippen LogP contribution in [0.15, 0.2) is 57.9 Å². The first-order valence-electron chi connectivity index (χ1n) is 5.90. The quantitative estimate of drug-likeness (QED) is 0.898. The number of nitrogens with zero attached hydrogens (tertiary/aromatic N) is 1. The highest BCUT2D eigenvalue weighted by Gasteiger charge is 2.21. The number of anilines is 1. The lowest BCUT2D eigenvalue weighted by molar-refractivity contribution is 0.0697. The second kappa shape index (κ2) is 5.87. The van der Waals surface area contributed by atoms with Gasteiger partial charge in [0.25, 0.3) is 10.0 Å². The molecular weight excluding hydrogens is 358 g/mol. The molecule has 0 atom stereocenters. The zero-order chi connectivity index (χ0) is 15.6. The van der Waals surface area contributed by atoms with Crippen LogP contribution in [0.5, 0.6) is 0 Å². The molecule has 0 saturated carbocycles. The summed E-state index contributed by atoms with van der Waals surface area (Å²) in [4.78, 5) is 11.0. The first kappa shape index (κ1) is 15.5. The van der Waals surface area contributed by atoms with Crippen LogP contribution in [-0.4, -0.2) is 26.5 Å². The number of carboxylic acid groups (broad SMARTS) is 1. The molecular formula is C14H12BrNO4S. The molecule has 21 heavy (non-hydrogen) atoms. The van der Waals surface area contributed by atoms with Crippen molar-refractivity contribution in [3.8, 4) is 0 Å². The van der Waals surface area contributed by atoms with Gasteiger partial charge in [-0.2, -0.15) is 0 Å². The van der Waals surface area contributed by atoms with Gasteiger partial charge in [-0.1, -0.05) is 15.9 Å². The third-order valence-electron chi connectivity index (χ3n) is 2.95. The number of benzene rings is 2. The fraction of sp³-hybridized carbons (Fsp3) is 0.0714. The van der Waals surface area contributed by atoms with E-state index in [1.807, 2.05) is 0 Å². The molecule has 0 spiro atoms. The summed E-state index contributed by atoms with van der Waals surface area (Å²) in [6, 6.07) is 11.9. The van der Waals surface area contributed by atoms with E-state index in [-0.39, 0.29) is 10.5 Å². The van der Waals surface area contributed by atoms with Gasteiger partial charge < -0.3 is 5.11 Å². The Morgan fingerprint density at radius 3 is 2.05 bits per heavy atom. The van der Waals surface area contributed by atoms with Gasteiger partial charge in [0.15, 0.2) is 0 Å². The Balaban J connectivity index is 2.35. The SMILES string of the molecule is CN(c1ccc(C(=O)O)cc1)S(=O)(=O)c1ccc(Br)cc1. The average molecular weight is 370 g/mol. The van der Waals surface area contributed by atoms with Crippen molar-refractivity contribution in [1.29, 1.82) is 0 Å². The monoisotopic (exact) mass is 369 g/mol. The van der Waals surface area contributed by atoms with Crippen LogP contribution in [-0.2, 0) is 10.0 Å². The Morgan fingerprint density at radius 2 is 1.57 bits per heavy atom. The zero-order valence-corrected chi connectivity index (χ0v) is 13.4. The number of hydrogen-bond acceptors (Lipinski definition) is 3. The van der Waals surface area contributed by atoms with Crippen LogP contribution in [0.4, 0.5) is 5.69 Å². The van der Waals surface area contributed by atoms with Gasteiger partial charge in [0, 0.05) is 11.5 Å². The van der Waals surface area contributed by atoms with Crippen LogP contribution in [0.25, 0.3) is 0 Å². The summed E-state index contributed by atoms with van der Waals surface area (Å²) < 4.78 is 26.8. The Hall–Kier alpha value is -1.86. The number of halogens is 1. The van der Waals surface area contributed by atoms with Crippen molar-refractivity contribution in [3.05, 3.63) is 58.6 Å². The fourth-order valence-electron chi connectivity index (χ4n) is 1.72. The van der Waals surface area contributed by atoms with Crippen molar-refractivity contribution in [1.82, 2.24) is 0 Å². The summed E-state index contributed by atoms with van der Waals surface area (Å²) in [6.45, 7) is 0. The van der Waals surface area contributed by atoms with E-state index in [1.54, 1.807) is 12.1 Å². The number of carboxylic acids is 1. The van der Waals surface area contributed by atoms with Crippen LogP contribution >= 0.6 is 15.9 Å². The normalized spacial score (nSPS) is 11.1. The predicted molar refractivity (Wildman–Crippen MR) is 83.1 cm³/mol. The van der Waals surface area contributed by atoms with E-state index in [4.69, 9.17) is 5.11 Å². The van der Waals surface area contributed by atoms with Gasteiger partial charge in [-0.15, -0.1) is 0 Å². The molecule has 0 aliphatic rings. The van der Waals surface area contributed by atoms with Gasteiger partial charge in [0.05, 0.1) is 16.1 Å². The maximum Gasteiger partial charge on any atom is 0.335 e. The van der Waals surface area contributed by atoms with Crippen molar-refractivity contribution in [3.63, 3.8) is 0 Å². The summed E-state index contributed by atoms with van der Waals surface area (Å²) in [6.07, 6.45) is 0. The van der Waals surface area contributed by atoms with E-state index >= 15 is 0 Å². The average Bonchev–Trinajstić information content (AvgIpc) is 2.47. The molecule has 0 fully saturated rings. The predicted octanol–water partition coefficient (Wildman–Crippen LogP) is 2.97. The smallest absolute Gasteiger partial charge is 0.335 e. The summed E-state index contributed by atoms with van der Waals surface area (Å²) in [5, 5.41) is 8.84. The third-order valence-corrected chi connectivity index (χ3v) is 5.28. The first-order chi connectivity index (χ1) is 9.82. The summed E-state index contributed by atoms with van der Waals surface area (Å²) in [5.41, 5.74) is 0.496. The topological polar surface area (TPSA) is 74.7 Å². The molecule has 0 unspecified atom stereocenters. The molecule has 0 amide bonds. The largest absolute Gasteiger partial charge is 0.478 e. The zero-order valence-electron chi connectivity index (χ0n) is 11.0. The molecule has 0 aliphatic carbocycles. The second-order valence-electron chi connectivity index (χ2n) is 4.28. The third kappa shape index (κ3) is 3.25. The Bertz CT molecular complexity index is 755. The molecule has 0 saturated heterocycles. The molecule has 2 rings (SSSR count). The van der Waals surface area contributed by atoms with Gasteiger partial charge in [-0.25, -0.2) is 13.2 Å². The van der Waals surface area contributed by atoms with Crippen LogP contribution in [0.2, 0.25) is 0 Å². The van der Waals surface area contributed by atoms with Crippen LogP contribution in [0, 0.1) is 0 Å². The molecule has 1 N–H and O–H groups in total. The van der Waals surface area contributed by atoms with Gasteiger partial charge >= 0.3 is 5.97 Å². The maximum atomic E-state index is 12.5. The van der Waals surface area contributed by atoms with E-state index in [2.05, 4.69) is 15.9 Å². The molecule has 0 aromatic heterocycles. The number of sulfonamides is 1. The van der Waals surface area contributed by atoms with Crippen molar-refractivity contribution in [2.24, 2.45) is 0 Å². The summed E-state index contributed by atoms with van der Waals surface area (Å²) in [5.74, 6) is -1.06. The fourth-order valence-corrected chi connectivity index (χ4v) is 3.18. The lowest BCUT2D eigenvalue weighted by Gasteiger charge is -2.19. The number of hydrogen-bond donors (Lipinski definition) is 1. The number of carbonyl (C=O) groups is 1. The van der Waals surface area contributed by atoms with Crippen LogP contribution in [0.1, 0.15) is 10.4 Å². The molecule has 0 radical (unpaired) electrons. The molecule has 2 aromatic carbocycles. The molecule has 0 heterocycles. The highest BCUT2D eigenvalue weighted by Crippen LogP contribution is 2.23. The van der Waals surface area contributed by atoms with E-state index in [9.17, 15) is 13.2 Å². The molecule has 110 valence electrons. The summed E-state index contributed by atoms with van der Waals surface area (Å²) in [7, 11) is -2.25. The molecule has 0 aliphatic heterocycles. The van der Waals surface area contributed by atoms with E-state index < -0.39 is 16.0 Å². The minimum Gasteiger partial charge on any atom is -0.478 e. The first-order valence-corrected chi connectivity index (χ1v) is 8.13. The Kier molecular flexibility index (Phi) is 4.34. The molecule has 5 nitrogen and oxygen atoms in total. The standard InChI is InChI=1S/C14H12BrNO4S/c1-16(12-6-2-10(3-7-12)14(17)18)21(19,20)13-8-4-11(15)5-9-13/h2-9H,1H3,(H,17,18). The minimum absolute atomic E-state index is 0.105. The number of aromatic carboxylic acids is 1. The lowest BCUT2D eigenvalue weighted by atomic mass is 10.2. The second-order valence-corrected chi connectivity index (χ2v) is 7.16. The Morgan fingerprint density at radius 1 is 1.05 bits per heavy atom. The van der Waals surface area contributed by atoms with E-state index in [0.29, 0.717) is 5.69 Å². The van der Waals surface area contributed by atoms with Crippen LogP contribution < -0.4 is 4.31 Å². The number of rotatable bonds is 4. The van der Waals surface area contributed by atoms with Crippen molar-refractivity contribution >= 4 is 37.6 Å². The Labute approximate surface area is 131 Å². The van der Waals surface area contributed by atoms with Crippen molar-refractivity contribution < 1.29 is 18.3 Å². The lowest BCUT2D eigenvalue weighted by Crippen LogP contribution is -2.26. The molecule has 7 heteroatoms. The van der Waals surface area contributed by atoms with E-state index in [0.717, 1.165) is 8.78 Å². The highest BCUT2D eigenvalue weighted by atomic mass is 79.9. The van der Waals surface area contributed by atoms with Crippen molar-refractivity contribution in [2.75, 3.05) is 11.4 Å². The van der Waals surface area contributed by atoms with Crippen molar-refractivity contribution in [2.45, 2.75) is 4.90 Å². The van der Waals surface area contributed by atoms with E-state index in [1.165, 1.54) is 43.4 Å². The highest BCUT2D eigenvalue weighted by molar-refractivity contribution is 9.10. The molecule has 2 aromatic rings. The summed E-state index contributed by atoms with van der Waals surface area (Å²) >= 11 is 3.25. The van der Waals surface area contributed by atoms with Gasteiger partial charge in [0.2, 0.25) is 0 Å². The molecule has 0 bridgehead atoms. The van der Waals surface area contributed by atoms with Gasteiger partial charge in [-0.3, -0.25) is 4.31 Å². The van der Waals surface area contributed by atoms with Crippen LogP contribution in [0.3, 0.4) is 0 Å². The maximum absolute atomic E-state index is 12.5. The van der Waals surface area contributed by atoms with Gasteiger partial charge in [-0.05, 0) is 48.5 Å².